The van der Waals surface area contributed by atoms with Crippen LogP contribution in [0.1, 0.15) is 5.56 Å². The minimum Gasteiger partial charge on any atom is -0.480 e. The van der Waals surface area contributed by atoms with Crippen molar-refractivity contribution in [3.63, 3.8) is 0 Å². The van der Waals surface area contributed by atoms with Crippen LogP contribution in [0.5, 0.6) is 0 Å². The summed E-state index contributed by atoms with van der Waals surface area (Å²) in [4.78, 5) is 21.2. The monoisotopic (exact) mass is 254 g/mol. The Morgan fingerprint density at radius 3 is 2.56 bits per heavy atom. The highest BCUT2D eigenvalue weighted by Crippen LogP contribution is 2.06. The van der Waals surface area contributed by atoms with E-state index >= 15 is 0 Å². The molecule has 0 aliphatic rings. The summed E-state index contributed by atoms with van der Waals surface area (Å²) < 4.78 is 9.46. The fraction of sp³-hybridized carbons (Fsp3) is 0.273. The number of rotatable bonds is 6. The Morgan fingerprint density at radius 1 is 1.28 bits per heavy atom. The summed E-state index contributed by atoms with van der Waals surface area (Å²) in [7, 11) is 0. The molecule has 1 rings (SSSR count). The first kappa shape index (κ1) is 13.8. The summed E-state index contributed by atoms with van der Waals surface area (Å²) in [5.74, 6) is -1.10. The molecule has 1 aromatic carbocycles. The first-order valence-corrected chi connectivity index (χ1v) is 5.12. The SMILES string of the molecule is Nc1ccc(COC(=O)NCOCC(=O)O)cc1. The number of ether oxygens (including phenoxy) is 2. The average molecular weight is 254 g/mol. The van der Waals surface area contributed by atoms with Crippen molar-refractivity contribution in [2.45, 2.75) is 6.61 Å². The molecule has 0 saturated heterocycles. The number of nitrogens with two attached hydrogens (primary N) is 1. The second-order valence-electron chi connectivity index (χ2n) is 3.38. The van der Waals surface area contributed by atoms with Crippen LogP contribution < -0.4 is 11.1 Å². The van der Waals surface area contributed by atoms with E-state index in [2.05, 4.69) is 10.1 Å². The molecular weight excluding hydrogens is 240 g/mol. The number of nitrogens with one attached hydrogen (secondary N) is 1. The molecule has 7 heteroatoms. The Labute approximate surface area is 103 Å². The molecule has 0 aliphatic heterocycles. The zero-order chi connectivity index (χ0) is 13.4. The van der Waals surface area contributed by atoms with E-state index in [1.165, 1.54) is 0 Å². The number of amides is 1. The molecule has 0 bridgehead atoms. The quantitative estimate of drug-likeness (QED) is 0.388. The number of carbonyl (C=O) groups is 2. The molecule has 0 aliphatic carbocycles. The molecule has 1 aromatic rings. The smallest absolute Gasteiger partial charge is 0.409 e. The first-order chi connectivity index (χ1) is 8.58. The number of hydrogen-bond acceptors (Lipinski definition) is 5. The lowest BCUT2D eigenvalue weighted by Crippen LogP contribution is -2.28. The molecule has 0 atom stereocenters. The summed E-state index contributed by atoms with van der Waals surface area (Å²) in [5.41, 5.74) is 6.93. The van der Waals surface area contributed by atoms with E-state index in [-0.39, 0.29) is 13.3 Å². The van der Waals surface area contributed by atoms with Gasteiger partial charge in [0.05, 0.1) is 0 Å². The van der Waals surface area contributed by atoms with Gasteiger partial charge in [0.2, 0.25) is 0 Å². The molecule has 98 valence electrons. The molecule has 0 heterocycles. The Kier molecular flexibility index (Phi) is 5.46. The Bertz CT molecular complexity index is 404. The van der Waals surface area contributed by atoms with Gasteiger partial charge in [0.25, 0.3) is 0 Å². The van der Waals surface area contributed by atoms with Gasteiger partial charge in [-0.15, -0.1) is 0 Å². The summed E-state index contributed by atoms with van der Waals surface area (Å²) >= 11 is 0. The number of alkyl carbamates (subject to hydrolysis) is 1. The highest BCUT2D eigenvalue weighted by Gasteiger charge is 2.03. The van der Waals surface area contributed by atoms with E-state index < -0.39 is 18.7 Å². The third-order valence-electron chi connectivity index (χ3n) is 1.89. The van der Waals surface area contributed by atoms with E-state index in [0.717, 1.165) is 5.56 Å². The van der Waals surface area contributed by atoms with Crippen molar-refractivity contribution in [3.05, 3.63) is 29.8 Å². The van der Waals surface area contributed by atoms with Crippen molar-refractivity contribution in [3.8, 4) is 0 Å². The van der Waals surface area contributed by atoms with Crippen LogP contribution in [-0.4, -0.2) is 30.5 Å². The van der Waals surface area contributed by atoms with Crippen molar-refractivity contribution in [2.24, 2.45) is 0 Å². The Morgan fingerprint density at radius 2 is 1.94 bits per heavy atom. The van der Waals surface area contributed by atoms with Crippen LogP contribution in [0.4, 0.5) is 10.5 Å². The topological polar surface area (TPSA) is 111 Å². The Hall–Kier alpha value is -2.28. The highest BCUT2D eigenvalue weighted by molar-refractivity contribution is 5.68. The van der Waals surface area contributed by atoms with E-state index in [0.29, 0.717) is 5.69 Å². The zero-order valence-electron chi connectivity index (χ0n) is 9.59. The maximum atomic E-state index is 11.1. The minimum atomic E-state index is -1.10. The number of nitrogen functional groups attached to an aromatic ring is 1. The third kappa shape index (κ3) is 5.71. The largest absolute Gasteiger partial charge is 0.480 e. The lowest BCUT2D eigenvalue weighted by atomic mass is 10.2. The van der Waals surface area contributed by atoms with Gasteiger partial charge in [-0.05, 0) is 17.7 Å². The van der Waals surface area contributed by atoms with Crippen LogP contribution in [0.15, 0.2) is 24.3 Å². The number of anilines is 1. The molecule has 18 heavy (non-hydrogen) atoms. The molecule has 0 saturated carbocycles. The molecular formula is C11H14N2O5. The Balaban J connectivity index is 2.17. The van der Waals surface area contributed by atoms with Gasteiger partial charge < -0.3 is 20.3 Å². The second kappa shape index (κ2) is 7.13. The van der Waals surface area contributed by atoms with Crippen molar-refractivity contribution in [1.29, 1.82) is 0 Å². The van der Waals surface area contributed by atoms with Gasteiger partial charge in [-0.2, -0.15) is 0 Å². The minimum absolute atomic E-state index is 0.102. The van der Waals surface area contributed by atoms with E-state index in [1.807, 2.05) is 0 Å². The van der Waals surface area contributed by atoms with Gasteiger partial charge in [-0.25, -0.2) is 9.59 Å². The van der Waals surface area contributed by atoms with Crippen molar-refractivity contribution >= 4 is 17.7 Å². The molecule has 0 aromatic heterocycles. The van der Waals surface area contributed by atoms with Crippen LogP contribution in [0.2, 0.25) is 0 Å². The number of carbonyl (C=O) groups excluding carboxylic acids is 1. The van der Waals surface area contributed by atoms with E-state index in [9.17, 15) is 9.59 Å². The van der Waals surface area contributed by atoms with Crippen molar-refractivity contribution in [2.75, 3.05) is 19.1 Å². The number of carboxylic acid groups (broad SMARTS) is 1. The number of carboxylic acids is 1. The van der Waals surface area contributed by atoms with Gasteiger partial charge in [0.15, 0.2) is 0 Å². The normalized spacial score (nSPS) is 9.78. The molecule has 0 fully saturated rings. The fourth-order valence-electron chi connectivity index (χ4n) is 1.06. The van der Waals surface area contributed by atoms with E-state index in [1.54, 1.807) is 24.3 Å². The number of aliphatic carboxylic acids is 1. The van der Waals surface area contributed by atoms with Gasteiger partial charge in [0, 0.05) is 5.69 Å². The number of benzene rings is 1. The van der Waals surface area contributed by atoms with Gasteiger partial charge in [-0.1, -0.05) is 12.1 Å². The van der Waals surface area contributed by atoms with Gasteiger partial charge in [0.1, 0.15) is 19.9 Å². The van der Waals surface area contributed by atoms with Crippen molar-refractivity contribution in [1.82, 2.24) is 5.32 Å². The molecule has 0 unspecified atom stereocenters. The summed E-state index contributed by atoms with van der Waals surface area (Å²) in [5, 5.41) is 10.5. The third-order valence-corrected chi connectivity index (χ3v) is 1.89. The number of hydrogen-bond donors (Lipinski definition) is 3. The predicted molar refractivity (Wildman–Crippen MR) is 62.6 cm³/mol. The first-order valence-electron chi connectivity index (χ1n) is 5.12. The highest BCUT2D eigenvalue weighted by atomic mass is 16.6. The molecule has 0 radical (unpaired) electrons. The molecule has 0 spiro atoms. The lowest BCUT2D eigenvalue weighted by Gasteiger charge is -2.07. The molecule has 4 N–H and O–H groups in total. The van der Waals surface area contributed by atoms with Gasteiger partial charge >= 0.3 is 12.1 Å². The zero-order valence-corrected chi connectivity index (χ0v) is 9.59. The van der Waals surface area contributed by atoms with Gasteiger partial charge in [-0.3, -0.25) is 5.32 Å². The van der Waals surface area contributed by atoms with Crippen LogP contribution in [0, 0.1) is 0 Å². The van der Waals surface area contributed by atoms with E-state index in [4.69, 9.17) is 15.6 Å². The summed E-state index contributed by atoms with van der Waals surface area (Å²) in [6.45, 7) is -0.587. The maximum absolute atomic E-state index is 11.1. The fourth-order valence-corrected chi connectivity index (χ4v) is 1.06. The van der Waals surface area contributed by atoms with Crippen LogP contribution in [-0.2, 0) is 20.9 Å². The maximum Gasteiger partial charge on any atom is 0.409 e. The lowest BCUT2D eigenvalue weighted by molar-refractivity contribution is -0.142. The molecule has 1 amide bonds. The molecule has 7 nitrogen and oxygen atoms in total. The standard InChI is InChI=1S/C11H14N2O5/c12-9-3-1-8(2-4-9)5-18-11(16)13-7-17-6-10(14)15/h1-4H,5-7,12H2,(H,13,16)(H,14,15). The summed E-state index contributed by atoms with van der Waals surface area (Å²) in [6, 6.07) is 6.88. The average Bonchev–Trinajstić information content (AvgIpc) is 2.34. The van der Waals surface area contributed by atoms with Crippen LogP contribution in [0.3, 0.4) is 0 Å². The van der Waals surface area contributed by atoms with Crippen LogP contribution in [0.25, 0.3) is 0 Å². The van der Waals surface area contributed by atoms with Crippen molar-refractivity contribution < 1.29 is 24.2 Å². The second-order valence-corrected chi connectivity index (χ2v) is 3.38. The van der Waals surface area contributed by atoms with Crippen LogP contribution >= 0.6 is 0 Å². The summed E-state index contributed by atoms with van der Waals surface area (Å²) in [6.07, 6.45) is -0.683. The predicted octanol–water partition coefficient (Wildman–Crippen LogP) is 0.554.